The van der Waals surface area contributed by atoms with Crippen LogP contribution in [0.1, 0.15) is 16.5 Å². The molecule has 0 unspecified atom stereocenters. The van der Waals surface area contributed by atoms with E-state index in [0.29, 0.717) is 18.9 Å². The van der Waals surface area contributed by atoms with E-state index < -0.39 is 15.8 Å². The zero-order valence-electron chi connectivity index (χ0n) is 15.6. The van der Waals surface area contributed by atoms with Crippen LogP contribution in [0.15, 0.2) is 83.8 Å². The molecule has 0 spiro atoms. The predicted molar refractivity (Wildman–Crippen MR) is 113 cm³/mol. The maximum absolute atomic E-state index is 13.2. The maximum Gasteiger partial charge on any atom is 0.244 e. The van der Waals surface area contributed by atoms with E-state index in [2.05, 4.69) is 0 Å². The number of halogens is 1. The molecule has 3 aromatic carbocycles. The van der Waals surface area contributed by atoms with Gasteiger partial charge in [-0.3, -0.25) is 0 Å². The molecule has 1 aliphatic heterocycles. The van der Waals surface area contributed by atoms with Gasteiger partial charge in [0.2, 0.25) is 10.0 Å². The average molecular weight is 430 g/mol. The number of sulfonamides is 1. The molecule has 0 radical (unpaired) electrons. The molecule has 3 aromatic rings. The molecular weight excluding hydrogens is 409 g/mol. The number of hydrogen-bond donors (Lipinski definition) is 0. The quantitative estimate of drug-likeness (QED) is 0.563. The highest BCUT2D eigenvalue weighted by molar-refractivity contribution is 8.01. The molecule has 0 amide bonds. The third-order valence-electron chi connectivity index (χ3n) is 4.68. The minimum atomic E-state index is -3.69. The summed E-state index contributed by atoms with van der Waals surface area (Å²) in [7, 11) is -3.69. The first-order valence-corrected chi connectivity index (χ1v) is 11.7. The lowest BCUT2D eigenvalue weighted by Gasteiger charge is -2.23. The van der Waals surface area contributed by atoms with Gasteiger partial charge < -0.3 is 4.74 Å². The summed E-state index contributed by atoms with van der Waals surface area (Å²) in [6.45, 7) is 0.894. The minimum absolute atomic E-state index is 0.106. The highest BCUT2D eigenvalue weighted by atomic mass is 32.2. The smallest absolute Gasteiger partial charge is 0.244 e. The zero-order chi connectivity index (χ0) is 20.3. The van der Waals surface area contributed by atoms with Crippen LogP contribution in [0, 0.1) is 5.82 Å². The molecule has 0 saturated carbocycles. The largest absolute Gasteiger partial charge is 0.489 e. The van der Waals surface area contributed by atoms with Crippen molar-refractivity contribution in [2.24, 2.45) is 0 Å². The molecule has 1 saturated heterocycles. The topological polar surface area (TPSA) is 46.6 Å². The Balaban J connectivity index is 1.49. The summed E-state index contributed by atoms with van der Waals surface area (Å²) in [6, 6.07) is 22.4. The van der Waals surface area contributed by atoms with Crippen LogP contribution < -0.4 is 4.74 Å². The molecule has 1 fully saturated rings. The highest BCUT2D eigenvalue weighted by Gasteiger charge is 2.36. The van der Waals surface area contributed by atoms with E-state index >= 15 is 0 Å². The van der Waals surface area contributed by atoms with E-state index in [4.69, 9.17) is 4.74 Å². The molecule has 150 valence electrons. The van der Waals surface area contributed by atoms with Crippen molar-refractivity contribution in [3.05, 3.63) is 95.8 Å². The van der Waals surface area contributed by atoms with E-state index in [1.165, 1.54) is 28.6 Å². The van der Waals surface area contributed by atoms with Crippen molar-refractivity contribution >= 4 is 21.8 Å². The van der Waals surface area contributed by atoms with Crippen molar-refractivity contribution in [1.82, 2.24) is 4.31 Å². The maximum atomic E-state index is 13.2. The van der Waals surface area contributed by atoms with Gasteiger partial charge in [0.25, 0.3) is 0 Å². The van der Waals surface area contributed by atoms with Crippen molar-refractivity contribution in [2.45, 2.75) is 16.9 Å². The van der Waals surface area contributed by atoms with Crippen LogP contribution in [0.4, 0.5) is 4.39 Å². The number of rotatable bonds is 6. The van der Waals surface area contributed by atoms with Gasteiger partial charge in [-0.1, -0.05) is 42.5 Å². The third kappa shape index (κ3) is 4.47. The Morgan fingerprint density at radius 3 is 2.34 bits per heavy atom. The molecule has 1 heterocycles. The lowest BCUT2D eigenvalue weighted by atomic mass is 10.2. The molecule has 0 aliphatic carbocycles. The summed E-state index contributed by atoms with van der Waals surface area (Å²) < 4.78 is 46.5. The summed E-state index contributed by atoms with van der Waals surface area (Å²) in [6.07, 6.45) is 0. The summed E-state index contributed by atoms with van der Waals surface area (Å²) >= 11 is 1.58. The van der Waals surface area contributed by atoms with Crippen molar-refractivity contribution in [3.8, 4) is 5.75 Å². The SMILES string of the molecule is O=S(=O)(c1ccc(F)cc1)N1CCS[C@H]1c1ccc(OCc2ccccc2)cc1. The van der Waals surface area contributed by atoms with Crippen LogP contribution in [-0.4, -0.2) is 25.0 Å². The van der Waals surface area contributed by atoms with E-state index in [0.717, 1.165) is 16.9 Å². The number of hydrogen-bond acceptors (Lipinski definition) is 4. The minimum Gasteiger partial charge on any atom is -0.489 e. The standard InChI is InChI=1S/C22H20FNO3S2/c23-19-8-12-21(13-9-19)29(25,26)24-14-15-28-22(24)18-6-10-20(11-7-18)27-16-17-4-2-1-3-5-17/h1-13,22H,14-16H2/t22-/m0/s1. The van der Waals surface area contributed by atoms with Crippen molar-refractivity contribution < 1.29 is 17.5 Å². The fourth-order valence-corrected chi connectivity index (χ4v) is 6.42. The molecule has 0 N–H and O–H groups in total. The molecule has 4 rings (SSSR count). The average Bonchev–Trinajstić information content (AvgIpc) is 3.25. The Kier molecular flexibility index (Phi) is 5.89. The van der Waals surface area contributed by atoms with Crippen LogP contribution in [0.2, 0.25) is 0 Å². The van der Waals surface area contributed by atoms with E-state index in [9.17, 15) is 12.8 Å². The molecule has 0 bridgehead atoms. The fourth-order valence-electron chi connectivity index (χ4n) is 3.17. The van der Waals surface area contributed by atoms with Gasteiger partial charge in [-0.05, 0) is 47.5 Å². The Bertz CT molecular complexity index is 1060. The Hall–Kier alpha value is -2.35. The third-order valence-corrected chi connectivity index (χ3v) is 7.96. The Morgan fingerprint density at radius 2 is 1.66 bits per heavy atom. The van der Waals surface area contributed by atoms with Gasteiger partial charge in [0.1, 0.15) is 18.2 Å². The number of nitrogens with zero attached hydrogens (tertiary/aromatic N) is 1. The van der Waals surface area contributed by atoms with E-state index in [1.54, 1.807) is 11.8 Å². The normalized spacial score (nSPS) is 17.3. The van der Waals surface area contributed by atoms with E-state index in [1.807, 2.05) is 54.6 Å². The molecule has 29 heavy (non-hydrogen) atoms. The van der Waals surface area contributed by atoms with Gasteiger partial charge in [0.15, 0.2) is 0 Å². The van der Waals surface area contributed by atoms with Crippen LogP contribution in [0.3, 0.4) is 0 Å². The molecule has 1 aliphatic rings. The molecule has 1 atom stereocenters. The van der Waals surface area contributed by atoms with Gasteiger partial charge in [-0.15, -0.1) is 11.8 Å². The number of benzene rings is 3. The zero-order valence-corrected chi connectivity index (χ0v) is 17.2. The lowest BCUT2D eigenvalue weighted by Crippen LogP contribution is -2.30. The van der Waals surface area contributed by atoms with Crippen LogP contribution in [0.25, 0.3) is 0 Å². The van der Waals surface area contributed by atoms with Gasteiger partial charge in [-0.2, -0.15) is 4.31 Å². The molecule has 0 aromatic heterocycles. The predicted octanol–water partition coefficient (Wildman–Crippen LogP) is 4.84. The first-order chi connectivity index (χ1) is 14.0. The van der Waals surface area contributed by atoms with Gasteiger partial charge in [0, 0.05) is 12.3 Å². The first-order valence-electron chi connectivity index (χ1n) is 9.20. The second-order valence-electron chi connectivity index (χ2n) is 6.64. The van der Waals surface area contributed by atoms with Gasteiger partial charge in [-0.25, -0.2) is 12.8 Å². The fraction of sp³-hybridized carbons (Fsp3) is 0.182. The monoisotopic (exact) mass is 429 g/mol. The van der Waals surface area contributed by atoms with Crippen LogP contribution in [-0.2, 0) is 16.6 Å². The molecule has 4 nitrogen and oxygen atoms in total. The van der Waals surface area contributed by atoms with E-state index in [-0.39, 0.29) is 10.3 Å². The van der Waals surface area contributed by atoms with Crippen molar-refractivity contribution in [1.29, 1.82) is 0 Å². The van der Waals surface area contributed by atoms with Crippen molar-refractivity contribution in [2.75, 3.05) is 12.3 Å². The first kappa shape index (κ1) is 19.9. The number of ether oxygens (including phenoxy) is 1. The molecular formula is C22H20FNO3S2. The van der Waals surface area contributed by atoms with Gasteiger partial charge >= 0.3 is 0 Å². The van der Waals surface area contributed by atoms with Crippen LogP contribution >= 0.6 is 11.8 Å². The molecule has 7 heteroatoms. The lowest BCUT2D eigenvalue weighted by molar-refractivity contribution is 0.306. The summed E-state index contributed by atoms with van der Waals surface area (Å²) in [4.78, 5) is 0.106. The Labute approximate surface area is 174 Å². The summed E-state index contributed by atoms with van der Waals surface area (Å²) in [5, 5.41) is -0.312. The summed E-state index contributed by atoms with van der Waals surface area (Å²) in [5.74, 6) is 0.980. The van der Waals surface area contributed by atoms with Crippen molar-refractivity contribution in [3.63, 3.8) is 0 Å². The second kappa shape index (κ2) is 8.57. The number of thioether (sulfide) groups is 1. The highest BCUT2D eigenvalue weighted by Crippen LogP contribution is 2.41. The summed E-state index contributed by atoms with van der Waals surface area (Å²) in [5.41, 5.74) is 1.98. The Morgan fingerprint density at radius 1 is 0.966 bits per heavy atom. The second-order valence-corrected chi connectivity index (χ2v) is 9.71. The van der Waals surface area contributed by atoms with Crippen LogP contribution in [0.5, 0.6) is 5.75 Å². The van der Waals surface area contributed by atoms with Gasteiger partial charge in [0.05, 0.1) is 10.3 Å².